The molecule has 1 aromatic heterocycles. The highest BCUT2D eigenvalue weighted by atomic mass is 32.1. The molecule has 0 aliphatic heterocycles. The Labute approximate surface area is 148 Å². The van der Waals surface area contributed by atoms with Crippen LogP contribution in [0.1, 0.15) is 40.6 Å². The van der Waals surface area contributed by atoms with E-state index in [2.05, 4.69) is 5.32 Å². The highest BCUT2D eigenvalue weighted by Gasteiger charge is 2.18. The Morgan fingerprint density at radius 2 is 2.00 bits per heavy atom. The number of nitrogens with zero attached hydrogens (tertiary/aromatic N) is 1. The van der Waals surface area contributed by atoms with Crippen molar-refractivity contribution in [3.05, 3.63) is 56.5 Å². The van der Waals surface area contributed by atoms with Crippen molar-refractivity contribution in [3.63, 3.8) is 0 Å². The van der Waals surface area contributed by atoms with Crippen LogP contribution >= 0.6 is 11.3 Å². The zero-order valence-corrected chi connectivity index (χ0v) is 14.9. The van der Waals surface area contributed by atoms with Crippen LogP contribution in [0.3, 0.4) is 0 Å². The van der Waals surface area contributed by atoms with Gasteiger partial charge in [0.05, 0.1) is 4.92 Å². The van der Waals surface area contributed by atoms with E-state index in [0.29, 0.717) is 17.0 Å². The maximum absolute atomic E-state index is 12.1. The van der Waals surface area contributed by atoms with Gasteiger partial charge in [0, 0.05) is 11.8 Å². The molecule has 0 aliphatic carbocycles. The Morgan fingerprint density at radius 1 is 1.28 bits per heavy atom. The highest BCUT2D eigenvalue weighted by Crippen LogP contribution is 2.27. The Hall–Kier alpha value is -2.74. The molecule has 7 nitrogen and oxygen atoms in total. The first-order valence-electron chi connectivity index (χ1n) is 7.60. The van der Waals surface area contributed by atoms with Crippen LogP contribution in [0.2, 0.25) is 0 Å². The maximum Gasteiger partial charge on any atom is 0.349 e. The van der Waals surface area contributed by atoms with Crippen LogP contribution in [-0.2, 0) is 9.53 Å². The van der Waals surface area contributed by atoms with Gasteiger partial charge in [-0.3, -0.25) is 14.9 Å². The average molecular weight is 362 g/mol. The standard InChI is InChI=1S/C17H18N2O5S/c1-10(2)12-6-4-5-11(3)16(12)18-14(20)9-24-17(21)13-7-8-15(25-13)19(22)23/h4-8,10H,9H2,1-3H3,(H,18,20). The minimum Gasteiger partial charge on any atom is -0.451 e. The molecule has 0 radical (unpaired) electrons. The third kappa shape index (κ3) is 4.63. The number of para-hydroxylation sites is 1. The third-order valence-corrected chi connectivity index (χ3v) is 4.52. The summed E-state index contributed by atoms with van der Waals surface area (Å²) in [7, 11) is 0. The minimum atomic E-state index is -0.762. The number of carbonyl (C=O) groups excluding carboxylic acids is 2. The SMILES string of the molecule is Cc1cccc(C(C)C)c1NC(=O)COC(=O)c1ccc([N+](=O)[O-])s1. The minimum absolute atomic E-state index is 0.0817. The molecule has 25 heavy (non-hydrogen) atoms. The van der Waals surface area contributed by atoms with E-state index in [1.807, 2.05) is 39.0 Å². The molecule has 132 valence electrons. The van der Waals surface area contributed by atoms with Crippen LogP contribution in [0.15, 0.2) is 30.3 Å². The fraction of sp³-hybridized carbons (Fsp3) is 0.294. The molecule has 0 aliphatic rings. The average Bonchev–Trinajstić information content (AvgIpc) is 3.04. The van der Waals surface area contributed by atoms with E-state index in [9.17, 15) is 19.7 Å². The number of anilines is 1. The summed E-state index contributed by atoms with van der Waals surface area (Å²) in [6, 6.07) is 8.28. The lowest BCUT2D eigenvalue weighted by molar-refractivity contribution is -0.380. The van der Waals surface area contributed by atoms with Crippen molar-refractivity contribution in [2.45, 2.75) is 26.7 Å². The third-order valence-electron chi connectivity index (χ3n) is 3.50. The van der Waals surface area contributed by atoms with Crippen molar-refractivity contribution < 1.29 is 19.2 Å². The number of amides is 1. The molecular formula is C17H18N2O5S. The summed E-state index contributed by atoms with van der Waals surface area (Å²) in [6.45, 7) is 5.47. The topological polar surface area (TPSA) is 98.5 Å². The van der Waals surface area contributed by atoms with Crippen LogP contribution in [0.25, 0.3) is 0 Å². The van der Waals surface area contributed by atoms with E-state index in [4.69, 9.17) is 4.74 Å². The molecule has 8 heteroatoms. The van der Waals surface area contributed by atoms with Crippen molar-refractivity contribution in [2.75, 3.05) is 11.9 Å². The van der Waals surface area contributed by atoms with Gasteiger partial charge >= 0.3 is 11.0 Å². The van der Waals surface area contributed by atoms with Crippen LogP contribution in [-0.4, -0.2) is 23.4 Å². The smallest absolute Gasteiger partial charge is 0.349 e. The number of nitro groups is 1. The van der Waals surface area contributed by atoms with E-state index in [-0.39, 0.29) is 15.8 Å². The van der Waals surface area contributed by atoms with Crippen molar-refractivity contribution in [1.82, 2.24) is 0 Å². The molecule has 1 amide bonds. The summed E-state index contributed by atoms with van der Waals surface area (Å²) >= 11 is 0.708. The van der Waals surface area contributed by atoms with Crippen LogP contribution < -0.4 is 5.32 Å². The number of benzene rings is 1. The summed E-state index contributed by atoms with van der Waals surface area (Å²) in [6.07, 6.45) is 0. The second-order valence-corrected chi connectivity index (χ2v) is 6.78. The van der Waals surface area contributed by atoms with Crippen molar-refractivity contribution in [2.24, 2.45) is 0 Å². The van der Waals surface area contributed by atoms with Gasteiger partial charge in [-0.25, -0.2) is 4.79 Å². The first-order valence-corrected chi connectivity index (χ1v) is 8.42. The first-order chi connectivity index (χ1) is 11.8. The van der Waals surface area contributed by atoms with Gasteiger partial charge in [-0.05, 0) is 30.0 Å². The molecule has 0 atom stereocenters. The fourth-order valence-electron chi connectivity index (χ4n) is 2.26. The lowest BCUT2D eigenvalue weighted by Crippen LogP contribution is -2.22. The van der Waals surface area contributed by atoms with Gasteiger partial charge in [0.15, 0.2) is 6.61 Å². The molecule has 0 saturated carbocycles. The summed E-state index contributed by atoms with van der Waals surface area (Å²) in [5, 5.41) is 13.2. The molecule has 0 unspecified atom stereocenters. The number of carbonyl (C=O) groups is 2. The van der Waals surface area contributed by atoms with Gasteiger partial charge in [-0.2, -0.15) is 0 Å². The van der Waals surface area contributed by atoms with E-state index in [1.165, 1.54) is 12.1 Å². The maximum atomic E-state index is 12.1. The lowest BCUT2D eigenvalue weighted by Gasteiger charge is -2.16. The summed E-state index contributed by atoms with van der Waals surface area (Å²) < 4.78 is 4.93. The Balaban J connectivity index is 1.99. The molecule has 1 aromatic carbocycles. The lowest BCUT2D eigenvalue weighted by atomic mass is 9.98. The van der Waals surface area contributed by atoms with Crippen molar-refractivity contribution >= 4 is 33.9 Å². The van der Waals surface area contributed by atoms with E-state index in [1.54, 1.807) is 0 Å². The number of hydrogen-bond acceptors (Lipinski definition) is 6. The number of esters is 1. The second kappa shape index (κ2) is 7.89. The molecule has 0 bridgehead atoms. The Kier molecular flexibility index (Phi) is 5.87. The molecule has 0 spiro atoms. The molecule has 1 N–H and O–H groups in total. The van der Waals surface area contributed by atoms with Gasteiger partial charge in [0.2, 0.25) is 0 Å². The van der Waals surface area contributed by atoms with Gasteiger partial charge < -0.3 is 10.1 Å². The van der Waals surface area contributed by atoms with E-state index < -0.39 is 23.4 Å². The van der Waals surface area contributed by atoms with E-state index >= 15 is 0 Å². The number of ether oxygens (including phenoxy) is 1. The molecule has 2 aromatic rings. The second-order valence-electron chi connectivity index (χ2n) is 5.71. The normalized spacial score (nSPS) is 10.6. The predicted molar refractivity (Wildman–Crippen MR) is 95.2 cm³/mol. The molecule has 1 heterocycles. The molecule has 0 saturated heterocycles. The number of aryl methyl sites for hydroxylation is 1. The first kappa shape index (κ1) is 18.6. The summed E-state index contributed by atoms with van der Waals surface area (Å²) in [5.41, 5.74) is 2.62. The Bertz CT molecular complexity index is 813. The van der Waals surface area contributed by atoms with Gasteiger partial charge in [0.1, 0.15) is 4.88 Å². The van der Waals surface area contributed by atoms with Crippen molar-refractivity contribution in [3.8, 4) is 0 Å². The predicted octanol–water partition coefficient (Wildman–Crippen LogP) is 3.88. The fourth-order valence-corrected chi connectivity index (χ4v) is 2.97. The largest absolute Gasteiger partial charge is 0.451 e. The summed E-state index contributed by atoms with van der Waals surface area (Å²) in [4.78, 5) is 34.1. The highest BCUT2D eigenvalue weighted by molar-refractivity contribution is 7.17. The molecular weight excluding hydrogens is 344 g/mol. The number of thiophene rings is 1. The van der Waals surface area contributed by atoms with Crippen LogP contribution in [0, 0.1) is 17.0 Å². The molecule has 0 fully saturated rings. The number of nitrogens with one attached hydrogen (secondary N) is 1. The number of rotatable bonds is 6. The monoisotopic (exact) mass is 362 g/mol. The van der Waals surface area contributed by atoms with Crippen molar-refractivity contribution in [1.29, 1.82) is 0 Å². The number of hydrogen-bond donors (Lipinski definition) is 1. The summed E-state index contributed by atoms with van der Waals surface area (Å²) in [5.74, 6) is -0.998. The zero-order chi connectivity index (χ0) is 18.6. The molecule has 2 rings (SSSR count). The van der Waals surface area contributed by atoms with Crippen LogP contribution in [0.4, 0.5) is 10.7 Å². The quantitative estimate of drug-likeness (QED) is 0.477. The van der Waals surface area contributed by atoms with Gasteiger partial charge in [-0.15, -0.1) is 0 Å². The Morgan fingerprint density at radius 3 is 2.60 bits per heavy atom. The van der Waals surface area contributed by atoms with E-state index in [0.717, 1.165) is 11.1 Å². The van der Waals surface area contributed by atoms with Gasteiger partial charge in [0.25, 0.3) is 5.91 Å². The van der Waals surface area contributed by atoms with Gasteiger partial charge in [-0.1, -0.05) is 43.4 Å². The van der Waals surface area contributed by atoms with Crippen LogP contribution in [0.5, 0.6) is 0 Å². The zero-order valence-electron chi connectivity index (χ0n) is 14.1.